The average Bonchev–Trinajstić information content (AvgIpc) is 2.35. The molecule has 0 radical (unpaired) electrons. The van der Waals surface area contributed by atoms with Gasteiger partial charge in [-0.1, -0.05) is 6.92 Å². The van der Waals surface area contributed by atoms with Crippen molar-refractivity contribution in [3.8, 4) is 12.1 Å². The zero-order chi connectivity index (χ0) is 13.8. The fourth-order valence-electron chi connectivity index (χ4n) is 1.39. The fraction of sp³-hybridized carbons (Fsp3) is 0.333. The van der Waals surface area contributed by atoms with Gasteiger partial charge in [-0.15, -0.1) is 0 Å². The highest BCUT2D eigenvalue weighted by molar-refractivity contribution is 7.89. The van der Waals surface area contributed by atoms with Gasteiger partial charge in [0, 0.05) is 0 Å². The maximum atomic E-state index is 12.0. The van der Waals surface area contributed by atoms with Crippen molar-refractivity contribution < 1.29 is 8.42 Å². The minimum atomic E-state index is -3.71. The van der Waals surface area contributed by atoms with Gasteiger partial charge in [0.1, 0.15) is 6.04 Å². The molecule has 1 aromatic rings. The first-order valence-corrected chi connectivity index (χ1v) is 6.85. The number of rotatable bonds is 4. The Morgan fingerprint density at radius 3 is 2.50 bits per heavy atom. The number of nitrogens with one attached hydrogen (secondary N) is 1. The third-order valence-corrected chi connectivity index (χ3v) is 3.96. The quantitative estimate of drug-likeness (QED) is 0.889. The monoisotopic (exact) mass is 263 g/mol. The van der Waals surface area contributed by atoms with Crippen LogP contribution in [0, 0.1) is 29.6 Å². The first kappa shape index (κ1) is 14.2. The molecular weight excluding hydrogens is 250 g/mol. The normalized spacial score (nSPS) is 12.4. The third kappa shape index (κ3) is 3.07. The Morgan fingerprint density at radius 1 is 1.39 bits per heavy atom. The molecule has 1 atom stereocenters. The number of aryl methyl sites for hydroxylation is 1. The number of nitriles is 2. The van der Waals surface area contributed by atoms with Crippen molar-refractivity contribution in [3.05, 3.63) is 29.3 Å². The van der Waals surface area contributed by atoms with Crippen molar-refractivity contribution in [2.24, 2.45) is 0 Å². The molecule has 0 fully saturated rings. The molecule has 0 spiro atoms. The second kappa shape index (κ2) is 5.63. The third-order valence-electron chi connectivity index (χ3n) is 2.49. The summed E-state index contributed by atoms with van der Waals surface area (Å²) in [6.45, 7) is 3.39. The molecule has 1 unspecified atom stereocenters. The number of sulfonamides is 1. The molecule has 0 aliphatic carbocycles. The first-order valence-electron chi connectivity index (χ1n) is 5.37. The predicted octanol–water partition coefficient (Wildman–Crippen LogP) is 1.45. The van der Waals surface area contributed by atoms with Crippen molar-refractivity contribution in [2.75, 3.05) is 0 Å². The molecule has 0 amide bonds. The smallest absolute Gasteiger partial charge is 0.207 e. The van der Waals surface area contributed by atoms with E-state index in [4.69, 9.17) is 10.5 Å². The van der Waals surface area contributed by atoms with Crippen molar-refractivity contribution in [2.45, 2.75) is 31.2 Å². The summed E-state index contributed by atoms with van der Waals surface area (Å²) in [5.74, 6) is 0. The van der Waals surface area contributed by atoms with E-state index < -0.39 is 16.1 Å². The lowest BCUT2D eigenvalue weighted by Crippen LogP contribution is -2.33. The molecule has 1 rings (SSSR count). The van der Waals surface area contributed by atoms with Crippen LogP contribution in [-0.4, -0.2) is 14.5 Å². The van der Waals surface area contributed by atoms with E-state index in [1.807, 2.05) is 12.1 Å². The number of hydrogen-bond donors (Lipinski definition) is 1. The SMILES string of the molecule is CCC(C#N)NS(=O)(=O)c1ccc(C#N)c(C)c1. The molecule has 1 aromatic carbocycles. The van der Waals surface area contributed by atoms with E-state index in [0.717, 1.165) is 0 Å². The highest BCUT2D eigenvalue weighted by atomic mass is 32.2. The molecule has 0 aromatic heterocycles. The van der Waals surface area contributed by atoms with Crippen LogP contribution in [0.2, 0.25) is 0 Å². The topological polar surface area (TPSA) is 93.8 Å². The highest BCUT2D eigenvalue weighted by Gasteiger charge is 2.19. The summed E-state index contributed by atoms with van der Waals surface area (Å²) in [6, 6.07) is 7.33. The summed E-state index contributed by atoms with van der Waals surface area (Å²) in [6.07, 6.45) is 0.394. The van der Waals surface area contributed by atoms with Crippen LogP contribution in [-0.2, 0) is 10.0 Å². The molecule has 0 saturated heterocycles. The Balaban J connectivity index is 3.11. The van der Waals surface area contributed by atoms with E-state index in [9.17, 15) is 8.42 Å². The van der Waals surface area contributed by atoms with Gasteiger partial charge in [-0.05, 0) is 37.1 Å². The van der Waals surface area contributed by atoms with Crippen LogP contribution in [0.1, 0.15) is 24.5 Å². The van der Waals surface area contributed by atoms with Gasteiger partial charge in [0.05, 0.1) is 22.6 Å². The van der Waals surface area contributed by atoms with Gasteiger partial charge in [0.15, 0.2) is 0 Å². The molecule has 94 valence electrons. The predicted molar refractivity (Wildman–Crippen MR) is 65.9 cm³/mol. The Labute approximate surface area is 107 Å². The summed E-state index contributed by atoms with van der Waals surface area (Å²) >= 11 is 0. The minimum Gasteiger partial charge on any atom is -0.207 e. The molecule has 5 nitrogen and oxygen atoms in total. The van der Waals surface area contributed by atoms with Crippen molar-refractivity contribution in [1.82, 2.24) is 4.72 Å². The lowest BCUT2D eigenvalue weighted by molar-refractivity contribution is 0.569. The zero-order valence-corrected chi connectivity index (χ0v) is 11.0. The molecule has 6 heteroatoms. The molecule has 0 heterocycles. The average molecular weight is 263 g/mol. The Hall–Kier alpha value is -1.89. The lowest BCUT2D eigenvalue weighted by atomic mass is 10.1. The van der Waals surface area contributed by atoms with Crippen molar-refractivity contribution >= 4 is 10.0 Å². The molecule has 0 aliphatic rings. The van der Waals surface area contributed by atoms with Crippen LogP contribution in [0.15, 0.2) is 23.1 Å². The number of hydrogen-bond acceptors (Lipinski definition) is 4. The van der Waals surface area contributed by atoms with E-state index >= 15 is 0 Å². The Kier molecular flexibility index (Phi) is 4.43. The maximum absolute atomic E-state index is 12.0. The summed E-state index contributed by atoms with van der Waals surface area (Å²) < 4.78 is 26.2. The van der Waals surface area contributed by atoms with Gasteiger partial charge >= 0.3 is 0 Å². The van der Waals surface area contributed by atoms with Crippen LogP contribution in [0.5, 0.6) is 0 Å². The van der Waals surface area contributed by atoms with E-state index in [1.165, 1.54) is 18.2 Å². The van der Waals surface area contributed by atoms with E-state index in [-0.39, 0.29) is 4.90 Å². The molecule has 0 saturated carbocycles. The minimum absolute atomic E-state index is 0.0627. The van der Waals surface area contributed by atoms with Gasteiger partial charge in [-0.2, -0.15) is 15.2 Å². The van der Waals surface area contributed by atoms with Gasteiger partial charge in [-0.25, -0.2) is 8.42 Å². The molecule has 1 N–H and O–H groups in total. The van der Waals surface area contributed by atoms with Crippen LogP contribution < -0.4 is 4.72 Å². The molecule has 0 bridgehead atoms. The molecule has 18 heavy (non-hydrogen) atoms. The van der Waals surface area contributed by atoms with E-state index in [1.54, 1.807) is 13.8 Å². The van der Waals surface area contributed by atoms with E-state index in [2.05, 4.69) is 4.72 Å². The fourth-order valence-corrected chi connectivity index (χ4v) is 2.69. The standard InChI is InChI=1S/C12H13N3O2S/c1-3-11(8-14)15-18(16,17)12-5-4-10(7-13)9(2)6-12/h4-6,11,15H,3H2,1-2H3. The summed E-state index contributed by atoms with van der Waals surface area (Å²) in [5, 5.41) is 17.5. The summed E-state index contributed by atoms with van der Waals surface area (Å²) in [7, 11) is -3.71. The molecular formula is C12H13N3O2S. The summed E-state index contributed by atoms with van der Waals surface area (Å²) in [4.78, 5) is 0.0627. The largest absolute Gasteiger partial charge is 0.241 e. The van der Waals surface area contributed by atoms with Crippen LogP contribution in [0.4, 0.5) is 0 Å². The van der Waals surface area contributed by atoms with E-state index in [0.29, 0.717) is 17.5 Å². The Morgan fingerprint density at radius 2 is 2.06 bits per heavy atom. The lowest BCUT2D eigenvalue weighted by Gasteiger charge is -2.10. The van der Waals surface area contributed by atoms with Gasteiger partial charge < -0.3 is 0 Å². The van der Waals surface area contributed by atoms with Crippen LogP contribution >= 0.6 is 0 Å². The second-order valence-corrected chi connectivity index (χ2v) is 5.51. The van der Waals surface area contributed by atoms with Gasteiger partial charge in [0.2, 0.25) is 10.0 Å². The van der Waals surface area contributed by atoms with Gasteiger partial charge in [0.25, 0.3) is 0 Å². The Bertz CT molecular complexity index is 624. The second-order valence-electron chi connectivity index (χ2n) is 3.80. The highest BCUT2D eigenvalue weighted by Crippen LogP contribution is 2.15. The van der Waals surface area contributed by atoms with Crippen molar-refractivity contribution in [3.63, 3.8) is 0 Å². The van der Waals surface area contributed by atoms with Gasteiger partial charge in [-0.3, -0.25) is 0 Å². The van der Waals surface area contributed by atoms with Crippen LogP contribution in [0.3, 0.4) is 0 Å². The number of nitrogens with zero attached hydrogens (tertiary/aromatic N) is 2. The zero-order valence-electron chi connectivity index (χ0n) is 10.1. The maximum Gasteiger partial charge on any atom is 0.241 e. The van der Waals surface area contributed by atoms with Crippen LogP contribution in [0.25, 0.3) is 0 Å². The molecule has 0 aliphatic heterocycles. The summed E-state index contributed by atoms with van der Waals surface area (Å²) in [5.41, 5.74) is 1.02. The van der Waals surface area contributed by atoms with Crippen molar-refractivity contribution in [1.29, 1.82) is 10.5 Å². The number of benzene rings is 1. The first-order chi connectivity index (χ1) is 8.44.